The fourth-order valence-corrected chi connectivity index (χ4v) is 2.75. The van der Waals surface area contributed by atoms with Crippen molar-refractivity contribution in [3.8, 4) is 11.1 Å². The van der Waals surface area contributed by atoms with E-state index in [9.17, 15) is 0 Å². The first kappa shape index (κ1) is 14.2. The number of nitrogens with zero attached hydrogens (tertiary/aromatic N) is 2. The quantitative estimate of drug-likeness (QED) is 0.655. The van der Waals surface area contributed by atoms with Crippen molar-refractivity contribution in [2.75, 3.05) is 0 Å². The highest BCUT2D eigenvalue weighted by Gasteiger charge is 2.11. The number of aromatic nitrogens is 2. The first-order chi connectivity index (χ1) is 10.1. The molecule has 0 aliphatic carbocycles. The van der Waals surface area contributed by atoms with Crippen molar-refractivity contribution in [2.24, 2.45) is 0 Å². The van der Waals surface area contributed by atoms with Gasteiger partial charge in [0.1, 0.15) is 5.82 Å². The summed E-state index contributed by atoms with van der Waals surface area (Å²) in [6.07, 6.45) is 1.92. The molecule has 0 amide bonds. The Kier molecular flexibility index (Phi) is 3.73. The summed E-state index contributed by atoms with van der Waals surface area (Å²) < 4.78 is 1.71. The van der Waals surface area contributed by atoms with Gasteiger partial charge in [0.25, 0.3) is 0 Å². The van der Waals surface area contributed by atoms with Crippen LogP contribution in [0.4, 0.5) is 0 Å². The molecule has 3 rings (SSSR count). The number of hydrogen-bond donors (Lipinski definition) is 0. The molecule has 0 N–H and O–H groups in total. The molecule has 0 spiro atoms. The summed E-state index contributed by atoms with van der Waals surface area (Å²) in [5, 5.41) is 0.741. The van der Waals surface area contributed by atoms with Gasteiger partial charge in [0.2, 0.25) is 0 Å². The molecule has 0 aliphatic heterocycles. The molecule has 3 heteroatoms. The zero-order valence-corrected chi connectivity index (χ0v) is 13.0. The van der Waals surface area contributed by atoms with Crippen molar-refractivity contribution in [1.82, 2.24) is 9.55 Å². The molecule has 0 saturated carbocycles. The summed E-state index contributed by atoms with van der Waals surface area (Å²) in [5.74, 6) is 0.934. The van der Waals surface area contributed by atoms with Crippen LogP contribution in [0, 0.1) is 14.0 Å². The molecule has 106 valence electrons. The normalized spacial score (nSPS) is 11.2. The molecule has 0 saturated heterocycles. The van der Waals surface area contributed by atoms with E-state index in [1.807, 2.05) is 24.3 Å². The van der Waals surface area contributed by atoms with Crippen LogP contribution in [0.3, 0.4) is 0 Å². The smallest absolute Gasteiger partial charge is 0.110 e. The van der Waals surface area contributed by atoms with E-state index in [0.717, 1.165) is 51.4 Å². The number of imidazole rings is 1. The Bertz CT molecular complexity index is 785. The summed E-state index contributed by atoms with van der Waals surface area (Å²) in [6, 6.07) is 12.1. The van der Waals surface area contributed by atoms with Gasteiger partial charge in [0.05, 0.1) is 18.1 Å². The monoisotopic (exact) mass is 296 g/mol. The summed E-state index contributed by atoms with van der Waals surface area (Å²) in [7, 11) is 6.20. The predicted molar refractivity (Wildman–Crippen MR) is 88.6 cm³/mol. The number of fused-ring (bicyclic) bond motifs is 1. The van der Waals surface area contributed by atoms with Gasteiger partial charge in [-0.05, 0) is 54.3 Å². The molecule has 0 unspecified atom stereocenters. The van der Waals surface area contributed by atoms with Crippen LogP contribution < -0.4 is 0 Å². The van der Waals surface area contributed by atoms with Crippen molar-refractivity contribution in [3.63, 3.8) is 0 Å². The molecule has 1 heterocycles. The topological polar surface area (TPSA) is 17.8 Å². The Hall–Kier alpha value is -1.80. The van der Waals surface area contributed by atoms with Gasteiger partial charge in [0.15, 0.2) is 0 Å². The first-order valence-electron chi connectivity index (χ1n) is 7.13. The number of aryl methyl sites for hydroxylation is 2. The van der Waals surface area contributed by atoms with Crippen molar-refractivity contribution < 1.29 is 0 Å². The molecule has 2 nitrogen and oxygen atoms in total. The van der Waals surface area contributed by atoms with Crippen molar-refractivity contribution in [2.45, 2.75) is 26.7 Å². The maximum absolute atomic E-state index is 6.20. The fourth-order valence-electron chi connectivity index (χ4n) is 2.62. The molecule has 0 fully saturated rings. The predicted octanol–water partition coefficient (Wildman–Crippen LogP) is 5.13. The molecular formula is C18H17ClN2. The van der Waals surface area contributed by atoms with Crippen LogP contribution in [0.25, 0.3) is 22.2 Å². The second-order valence-corrected chi connectivity index (χ2v) is 5.75. The molecule has 2 radical (unpaired) electrons. The van der Waals surface area contributed by atoms with E-state index < -0.39 is 0 Å². The maximum Gasteiger partial charge on any atom is 0.110 e. The number of benzene rings is 2. The molecule has 1 aromatic heterocycles. The highest BCUT2D eigenvalue weighted by molar-refractivity contribution is 6.30. The van der Waals surface area contributed by atoms with Crippen LogP contribution in [-0.4, -0.2) is 9.55 Å². The van der Waals surface area contributed by atoms with E-state index in [2.05, 4.69) is 31.0 Å². The van der Waals surface area contributed by atoms with Gasteiger partial charge in [0, 0.05) is 11.4 Å². The number of halogens is 1. The highest BCUT2D eigenvalue weighted by Crippen LogP contribution is 2.28. The molecule has 2 aromatic carbocycles. The molecule has 0 aliphatic rings. The Morgan fingerprint density at radius 1 is 1.14 bits per heavy atom. The lowest BCUT2D eigenvalue weighted by atomic mass is 10.0. The van der Waals surface area contributed by atoms with E-state index in [-0.39, 0.29) is 0 Å². The molecule has 0 atom stereocenters. The molecule has 21 heavy (non-hydrogen) atoms. The van der Waals surface area contributed by atoms with Crippen LogP contribution in [0.15, 0.2) is 36.4 Å². The van der Waals surface area contributed by atoms with Crippen molar-refractivity contribution >= 4 is 22.6 Å². The third-order valence-electron chi connectivity index (χ3n) is 3.71. The maximum atomic E-state index is 6.20. The largest absolute Gasteiger partial charge is 0.320 e. The summed E-state index contributed by atoms with van der Waals surface area (Å²) in [4.78, 5) is 4.67. The van der Waals surface area contributed by atoms with Crippen molar-refractivity contribution in [3.05, 3.63) is 59.9 Å². The standard InChI is InChI=1S/C18H17ClN2/c1-4-5-17-20-18-12(2)10-14(11-16(18)21(17)3)13-6-8-15(19)9-7-13/h3,6-11H,4-5H2,1-2H3. The second kappa shape index (κ2) is 5.53. The molecule has 3 aromatic rings. The summed E-state index contributed by atoms with van der Waals surface area (Å²) in [6.45, 7) is 4.20. The lowest BCUT2D eigenvalue weighted by Crippen LogP contribution is -1.94. The minimum Gasteiger partial charge on any atom is -0.320 e. The van der Waals surface area contributed by atoms with E-state index >= 15 is 0 Å². The summed E-state index contributed by atoms with van der Waals surface area (Å²) >= 11 is 5.95. The van der Waals surface area contributed by atoms with Gasteiger partial charge in [-0.25, -0.2) is 4.98 Å². The van der Waals surface area contributed by atoms with Crippen LogP contribution in [0.1, 0.15) is 24.7 Å². The third kappa shape index (κ3) is 2.56. The zero-order chi connectivity index (χ0) is 15.0. The van der Waals surface area contributed by atoms with Crippen LogP contribution >= 0.6 is 11.6 Å². The SMILES string of the molecule is [CH]n1c(CCC)nc2c(C)cc(-c3ccc(Cl)cc3)cc21. The summed E-state index contributed by atoms with van der Waals surface area (Å²) in [5.41, 5.74) is 5.36. The van der Waals surface area contributed by atoms with E-state index in [4.69, 9.17) is 18.6 Å². The van der Waals surface area contributed by atoms with E-state index in [0.29, 0.717) is 0 Å². The minimum absolute atomic E-state index is 0.741. The molecular weight excluding hydrogens is 280 g/mol. The van der Waals surface area contributed by atoms with Gasteiger partial charge in [-0.3, -0.25) is 0 Å². The van der Waals surface area contributed by atoms with Gasteiger partial charge in [-0.2, -0.15) is 0 Å². The first-order valence-corrected chi connectivity index (χ1v) is 7.51. The van der Waals surface area contributed by atoms with Gasteiger partial charge in [-0.1, -0.05) is 30.7 Å². The Morgan fingerprint density at radius 2 is 1.86 bits per heavy atom. The Balaban J connectivity index is 2.17. The Morgan fingerprint density at radius 3 is 2.52 bits per heavy atom. The minimum atomic E-state index is 0.741. The van der Waals surface area contributed by atoms with Crippen molar-refractivity contribution in [1.29, 1.82) is 0 Å². The number of hydrogen-bond acceptors (Lipinski definition) is 1. The van der Waals surface area contributed by atoms with E-state index in [1.165, 1.54) is 0 Å². The van der Waals surface area contributed by atoms with Gasteiger partial charge < -0.3 is 4.57 Å². The highest BCUT2D eigenvalue weighted by atomic mass is 35.5. The zero-order valence-electron chi connectivity index (χ0n) is 12.2. The lowest BCUT2D eigenvalue weighted by molar-refractivity contribution is 0.817. The second-order valence-electron chi connectivity index (χ2n) is 5.32. The lowest BCUT2D eigenvalue weighted by Gasteiger charge is -2.06. The van der Waals surface area contributed by atoms with Gasteiger partial charge >= 0.3 is 0 Å². The average Bonchev–Trinajstić information content (AvgIpc) is 2.78. The molecule has 0 bridgehead atoms. The van der Waals surface area contributed by atoms with E-state index in [1.54, 1.807) is 4.57 Å². The fraction of sp³-hybridized carbons (Fsp3) is 0.222. The van der Waals surface area contributed by atoms with Crippen LogP contribution in [-0.2, 0) is 6.42 Å². The third-order valence-corrected chi connectivity index (χ3v) is 3.96. The average molecular weight is 297 g/mol. The number of rotatable bonds is 3. The Labute approximate surface area is 130 Å². The van der Waals surface area contributed by atoms with Crippen LogP contribution in [0.5, 0.6) is 0 Å². The van der Waals surface area contributed by atoms with Crippen LogP contribution in [0.2, 0.25) is 5.02 Å². The van der Waals surface area contributed by atoms with Gasteiger partial charge in [-0.15, -0.1) is 0 Å².